The van der Waals surface area contributed by atoms with Crippen LogP contribution in [0, 0.1) is 0 Å². The van der Waals surface area contributed by atoms with Crippen LogP contribution in [0.4, 0.5) is 4.79 Å². The normalized spacial score (nSPS) is 18.8. The van der Waals surface area contributed by atoms with Crippen molar-refractivity contribution in [1.82, 2.24) is 30.3 Å². The highest BCUT2D eigenvalue weighted by Gasteiger charge is 2.27. The number of carbonyl (C=O) groups is 3. The smallest absolute Gasteiger partial charge is 0.321 e. The summed E-state index contributed by atoms with van der Waals surface area (Å²) < 4.78 is 12.4. The van der Waals surface area contributed by atoms with Crippen molar-refractivity contribution in [1.29, 1.82) is 0 Å². The summed E-state index contributed by atoms with van der Waals surface area (Å²) in [5.41, 5.74) is 0.790. The summed E-state index contributed by atoms with van der Waals surface area (Å²) in [6, 6.07) is 6.46. The molecule has 0 aliphatic carbocycles. The van der Waals surface area contributed by atoms with Gasteiger partial charge >= 0.3 is 6.03 Å². The van der Waals surface area contributed by atoms with Crippen LogP contribution in [0.5, 0.6) is 5.75 Å². The van der Waals surface area contributed by atoms with Crippen molar-refractivity contribution in [2.75, 3.05) is 39.2 Å². The van der Waals surface area contributed by atoms with Crippen molar-refractivity contribution in [2.45, 2.75) is 24.0 Å². The minimum Gasteiger partial charge on any atom is -0.497 e. The van der Waals surface area contributed by atoms with Crippen LogP contribution in [-0.4, -0.2) is 82.7 Å². The van der Waals surface area contributed by atoms with E-state index in [1.807, 2.05) is 28.8 Å². The van der Waals surface area contributed by atoms with Gasteiger partial charge in [-0.3, -0.25) is 19.5 Å². The van der Waals surface area contributed by atoms with Gasteiger partial charge in [-0.2, -0.15) is 0 Å². The van der Waals surface area contributed by atoms with Gasteiger partial charge in [0.1, 0.15) is 11.6 Å². The molecule has 32 heavy (non-hydrogen) atoms. The molecule has 4 amide bonds. The van der Waals surface area contributed by atoms with Crippen LogP contribution in [0.2, 0.25) is 0 Å². The quantitative estimate of drug-likeness (QED) is 0.567. The molecule has 2 saturated heterocycles. The number of rotatable bonds is 7. The average molecular weight is 461 g/mol. The monoisotopic (exact) mass is 460 g/mol. The SMILES string of the molecule is COc1ccc(-n2c(CC3CC(=O)NC(=O)N3)nnc2SCC(=O)N2CCOCC2)cc1. The van der Waals surface area contributed by atoms with E-state index in [2.05, 4.69) is 20.8 Å². The maximum Gasteiger partial charge on any atom is 0.321 e. The predicted octanol–water partition coefficient (Wildman–Crippen LogP) is 0.367. The largest absolute Gasteiger partial charge is 0.497 e. The number of carbonyl (C=O) groups excluding carboxylic acids is 3. The molecule has 12 heteroatoms. The summed E-state index contributed by atoms with van der Waals surface area (Å²) in [4.78, 5) is 37.8. The Kier molecular flexibility index (Phi) is 6.90. The van der Waals surface area contributed by atoms with Gasteiger partial charge in [0.05, 0.1) is 26.1 Å². The number of hydrogen-bond acceptors (Lipinski definition) is 8. The van der Waals surface area contributed by atoms with Gasteiger partial charge < -0.3 is 19.7 Å². The fourth-order valence-electron chi connectivity index (χ4n) is 3.56. The van der Waals surface area contributed by atoms with E-state index in [0.717, 1.165) is 5.69 Å². The Labute approximate surface area is 188 Å². The number of amides is 4. The number of nitrogens with zero attached hydrogens (tertiary/aromatic N) is 4. The van der Waals surface area contributed by atoms with Gasteiger partial charge in [0.15, 0.2) is 5.16 Å². The van der Waals surface area contributed by atoms with Gasteiger partial charge in [0, 0.05) is 37.7 Å². The number of aromatic nitrogens is 3. The number of morpholine rings is 1. The van der Waals surface area contributed by atoms with Crippen molar-refractivity contribution in [3.8, 4) is 11.4 Å². The molecular weight excluding hydrogens is 436 g/mol. The van der Waals surface area contributed by atoms with Gasteiger partial charge in [-0.15, -0.1) is 10.2 Å². The van der Waals surface area contributed by atoms with E-state index in [1.54, 1.807) is 12.0 Å². The van der Waals surface area contributed by atoms with Crippen molar-refractivity contribution in [3.05, 3.63) is 30.1 Å². The van der Waals surface area contributed by atoms with Crippen molar-refractivity contribution >= 4 is 29.6 Å². The van der Waals surface area contributed by atoms with Crippen LogP contribution in [0.1, 0.15) is 12.2 Å². The lowest BCUT2D eigenvalue weighted by Crippen LogP contribution is -2.53. The van der Waals surface area contributed by atoms with Crippen LogP contribution >= 0.6 is 11.8 Å². The first-order valence-electron chi connectivity index (χ1n) is 10.2. The van der Waals surface area contributed by atoms with E-state index in [9.17, 15) is 14.4 Å². The van der Waals surface area contributed by atoms with Crippen LogP contribution in [-0.2, 0) is 20.7 Å². The third-order valence-corrected chi connectivity index (χ3v) is 6.08. The molecule has 4 rings (SSSR count). The van der Waals surface area contributed by atoms with E-state index in [4.69, 9.17) is 9.47 Å². The van der Waals surface area contributed by atoms with Crippen LogP contribution in [0.3, 0.4) is 0 Å². The molecule has 3 heterocycles. The molecule has 2 N–H and O–H groups in total. The number of nitrogens with one attached hydrogen (secondary N) is 2. The Bertz CT molecular complexity index is 973. The zero-order valence-electron chi connectivity index (χ0n) is 17.6. The van der Waals surface area contributed by atoms with Crippen LogP contribution in [0.25, 0.3) is 5.69 Å². The molecule has 1 aromatic heterocycles. The zero-order chi connectivity index (χ0) is 22.5. The molecule has 170 valence electrons. The number of benzene rings is 1. The first kappa shape index (κ1) is 22.1. The van der Waals surface area contributed by atoms with E-state index >= 15 is 0 Å². The van der Waals surface area contributed by atoms with E-state index < -0.39 is 12.1 Å². The maximum absolute atomic E-state index is 12.6. The molecule has 2 aromatic rings. The lowest BCUT2D eigenvalue weighted by atomic mass is 10.1. The second kappa shape index (κ2) is 10.0. The summed E-state index contributed by atoms with van der Waals surface area (Å²) in [5.74, 6) is 1.18. The first-order valence-corrected chi connectivity index (χ1v) is 11.2. The average Bonchev–Trinajstić information content (AvgIpc) is 3.19. The topological polar surface area (TPSA) is 128 Å². The Morgan fingerprint density at radius 2 is 1.97 bits per heavy atom. The highest BCUT2D eigenvalue weighted by atomic mass is 32.2. The molecule has 2 fully saturated rings. The van der Waals surface area contributed by atoms with Gasteiger partial charge in [-0.1, -0.05) is 11.8 Å². The molecule has 1 aromatic carbocycles. The number of imide groups is 1. The second-order valence-corrected chi connectivity index (χ2v) is 8.28. The highest BCUT2D eigenvalue weighted by Crippen LogP contribution is 2.25. The molecular formula is C20H24N6O5S. The van der Waals surface area contributed by atoms with E-state index in [1.165, 1.54) is 11.8 Å². The Morgan fingerprint density at radius 1 is 1.22 bits per heavy atom. The number of urea groups is 1. The minimum absolute atomic E-state index is 0.0142. The maximum atomic E-state index is 12.6. The molecule has 0 bridgehead atoms. The summed E-state index contributed by atoms with van der Waals surface area (Å²) >= 11 is 1.30. The summed E-state index contributed by atoms with van der Waals surface area (Å²) in [6.45, 7) is 2.26. The lowest BCUT2D eigenvalue weighted by molar-refractivity contribution is -0.132. The molecule has 2 aliphatic heterocycles. The molecule has 1 atom stereocenters. The third kappa shape index (κ3) is 5.19. The van der Waals surface area contributed by atoms with E-state index in [-0.39, 0.29) is 24.0 Å². The summed E-state index contributed by atoms with van der Waals surface area (Å²) in [5, 5.41) is 14.1. The molecule has 1 unspecified atom stereocenters. The van der Waals surface area contributed by atoms with Crippen molar-refractivity contribution in [2.24, 2.45) is 0 Å². The predicted molar refractivity (Wildman–Crippen MR) is 115 cm³/mol. The standard InChI is InChI=1S/C20H24N6O5S/c1-30-15-4-2-14(3-5-15)26-16(10-13-11-17(27)22-19(29)21-13)23-24-20(26)32-12-18(28)25-6-8-31-9-7-25/h2-5,13H,6-12H2,1H3,(H2,21,22,27,29). The highest BCUT2D eigenvalue weighted by molar-refractivity contribution is 7.99. The number of thioether (sulfide) groups is 1. The lowest BCUT2D eigenvalue weighted by Gasteiger charge is -2.26. The van der Waals surface area contributed by atoms with Gasteiger partial charge in [0.2, 0.25) is 11.8 Å². The molecule has 0 radical (unpaired) electrons. The summed E-state index contributed by atoms with van der Waals surface area (Å²) in [6.07, 6.45) is 0.468. The minimum atomic E-state index is -0.521. The number of methoxy groups -OCH3 is 1. The van der Waals surface area contributed by atoms with Crippen molar-refractivity contribution in [3.63, 3.8) is 0 Å². The van der Waals surface area contributed by atoms with E-state index in [0.29, 0.717) is 49.5 Å². The molecule has 0 saturated carbocycles. The fourth-order valence-corrected chi connectivity index (χ4v) is 4.44. The Balaban J connectivity index is 1.55. The molecule has 2 aliphatic rings. The van der Waals surface area contributed by atoms with Crippen LogP contribution in [0.15, 0.2) is 29.4 Å². The van der Waals surface area contributed by atoms with Crippen molar-refractivity contribution < 1.29 is 23.9 Å². The first-order chi connectivity index (χ1) is 15.5. The van der Waals surface area contributed by atoms with Gasteiger partial charge in [0.25, 0.3) is 0 Å². The van der Waals surface area contributed by atoms with Gasteiger partial charge in [-0.05, 0) is 24.3 Å². The zero-order valence-corrected chi connectivity index (χ0v) is 18.4. The number of hydrogen-bond donors (Lipinski definition) is 2. The van der Waals surface area contributed by atoms with Gasteiger partial charge in [-0.25, -0.2) is 4.79 Å². The van der Waals surface area contributed by atoms with Crippen LogP contribution < -0.4 is 15.4 Å². The Morgan fingerprint density at radius 3 is 2.66 bits per heavy atom. The Hall–Kier alpha value is -3.12. The third-order valence-electron chi connectivity index (χ3n) is 5.17. The number of ether oxygens (including phenoxy) is 2. The fraction of sp³-hybridized carbons (Fsp3) is 0.450. The molecule has 0 spiro atoms. The summed E-state index contributed by atoms with van der Waals surface area (Å²) in [7, 11) is 1.59. The second-order valence-electron chi connectivity index (χ2n) is 7.34. The molecule has 11 nitrogen and oxygen atoms in total.